The van der Waals surface area contributed by atoms with Gasteiger partial charge >= 0.3 is 0 Å². The highest BCUT2D eigenvalue weighted by atomic mass is 32.1. The van der Waals surface area contributed by atoms with Crippen LogP contribution in [0.1, 0.15) is 42.3 Å². The Balaban J connectivity index is 1.91. The van der Waals surface area contributed by atoms with Crippen LogP contribution in [0.5, 0.6) is 0 Å². The van der Waals surface area contributed by atoms with Gasteiger partial charge in [-0.05, 0) is 22.6 Å². The van der Waals surface area contributed by atoms with Gasteiger partial charge in [0.25, 0.3) is 5.56 Å². The van der Waals surface area contributed by atoms with Crippen molar-refractivity contribution in [1.82, 2.24) is 4.98 Å². The molecule has 0 radical (unpaired) electrons. The van der Waals surface area contributed by atoms with Crippen LogP contribution < -0.4 is 14.8 Å². The fourth-order valence-electron chi connectivity index (χ4n) is 2.56. The molecular formula is C22H21NO2S. The summed E-state index contributed by atoms with van der Waals surface area (Å²) in [4.78, 5) is 27.3. The number of aromatic nitrogens is 1. The van der Waals surface area contributed by atoms with Gasteiger partial charge in [-0.15, -0.1) is 11.3 Å². The van der Waals surface area contributed by atoms with E-state index in [4.69, 9.17) is 0 Å². The van der Waals surface area contributed by atoms with E-state index in [2.05, 4.69) is 25.8 Å². The minimum Gasteiger partial charge on any atom is -0.313 e. The zero-order valence-corrected chi connectivity index (χ0v) is 15.9. The fraction of sp³-hybridized carbons (Fsp3) is 0.182. The molecule has 26 heavy (non-hydrogen) atoms. The second-order valence-electron chi connectivity index (χ2n) is 7.18. The van der Waals surface area contributed by atoms with Crippen molar-refractivity contribution in [3.05, 3.63) is 90.8 Å². The first-order valence-electron chi connectivity index (χ1n) is 8.45. The molecule has 3 rings (SSSR count). The van der Waals surface area contributed by atoms with E-state index in [0.717, 1.165) is 5.56 Å². The summed E-state index contributed by atoms with van der Waals surface area (Å²) in [5.41, 5.74) is 2.61. The molecule has 0 bridgehead atoms. The number of aromatic amines is 1. The number of Topliss-reactive ketones (excluding diaryl/α,β-unsaturated/α-hetero) is 1. The number of H-pyrrole nitrogens is 1. The molecule has 0 atom stereocenters. The van der Waals surface area contributed by atoms with Gasteiger partial charge in [0.2, 0.25) is 0 Å². The minimum atomic E-state index is -0.180. The van der Waals surface area contributed by atoms with E-state index < -0.39 is 0 Å². The predicted molar refractivity (Wildman–Crippen MR) is 108 cm³/mol. The van der Waals surface area contributed by atoms with Crippen molar-refractivity contribution in [2.75, 3.05) is 0 Å². The summed E-state index contributed by atoms with van der Waals surface area (Å²) in [7, 11) is 0. The zero-order chi connectivity index (χ0) is 18.7. The lowest BCUT2D eigenvalue weighted by Crippen LogP contribution is -2.20. The summed E-state index contributed by atoms with van der Waals surface area (Å²) in [6, 6.07) is 17.3. The summed E-state index contributed by atoms with van der Waals surface area (Å²) < 4.78 is 1.14. The Hall–Kier alpha value is -2.72. The van der Waals surface area contributed by atoms with Crippen LogP contribution in [0.25, 0.3) is 12.2 Å². The molecule has 0 aliphatic rings. The summed E-state index contributed by atoms with van der Waals surface area (Å²) in [6.45, 7) is 6.41. The first-order chi connectivity index (χ1) is 12.3. The first kappa shape index (κ1) is 18.1. The second kappa shape index (κ2) is 7.26. The third-order valence-electron chi connectivity index (χ3n) is 4.08. The summed E-state index contributed by atoms with van der Waals surface area (Å²) in [6.07, 6.45) is 3.31. The number of nitrogens with one attached hydrogen (secondary N) is 1. The Labute approximate surface area is 156 Å². The number of hydrogen-bond acceptors (Lipinski definition) is 3. The SMILES string of the molecule is CC(C)(C)c1ccc(C(=O)/C=c2/[nH]c(=O)/c(=C/c3ccccc3)s2)cc1. The lowest BCUT2D eigenvalue weighted by molar-refractivity contribution is 0.106. The lowest BCUT2D eigenvalue weighted by atomic mass is 9.86. The van der Waals surface area contributed by atoms with Crippen LogP contribution in [0.2, 0.25) is 0 Å². The van der Waals surface area contributed by atoms with Gasteiger partial charge in [0.1, 0.15) is 0 Å². The predicted octanol–water partition coefficient (Wildman–Crippen LogP) is 3.23. The first-order valence-corrected chi connectivity index (χ1v) is 9.27. The van der Waals surface area contributed by atoms with E-state index in [0.29, 0.717) is 14.8 Å². The monoisotopic (exact) mass is 363 g/mol. The topological polar surface area (TPSA) is 49.9 Å². The van der Waals surface area contributed by atoms with Crippen LogP contribution in [-0.2, 0) is 5.41 Å². The minimum absolute atomic E-state index is 0.0481. The van der Waals surface area contributed by atoms with Crippen molar-refractivity contribution in [2.24, 2.45) is 0 Å². The average molecular weight is 363 g/mol. The smallest absolute Gasteiger partial charge is 0.266 e. The van der Waals surface area contributed by atoms with E-state index in [1.807, 2.05) is 60.7 Å². The highest BCUT2D eigenvalue weighted by Crippen LogP contribution is 2.22. The van der Waals surface area contributed by atoms with Gasteiger partial charge in [-0.25, -0.2) is 0 Å². The van der Waals surface area contributed by atoms with Crippen molar-refractivity contribution in [1.29, 1.82) is 0 Å². The summed E-state index contributed by atoms with van der Waals surface area (Å²) >= 11 is 1.28. The number of thiazole rings is 1. The number of rotatable bonds is 3. The standard InChI is InChI=1S/C22H21NO2S/c1-22(2,3)17-11-9-16(10-12-17)18(24)14-20-23-21(25)19(26-20)13-15-7-5-4-6-8-15/h4-14H,1-3H3,(H,23,25)/b19-13-,20-14-. The Morgan fingerprint density at radius 3 is 2.27 bits per heavy atom. The van der Waals surface area contributed by atoms with Crippen LogP contribution in [0.15, 0.2) is 59.4 Å². The maximum Gasteiger partial charge on any atom is 0.266 e. The molecule has 0 spiro atoms. The van der Waals surface area contributed by atoms with Gasteiger partial charge in [0.05, 0.1) is 9.20 Å². The van der Waals surface area contributed by atoms with Crippen molar-refractivity contribution < 1.29 is 4.79 Å². The molecule has 0 aliphatic carbocycles. The molecule has 2 aromatic carbocycles. The van der Waals surface area contributed by atoms with Gasteiger partial charge in [0, 0.05) is 11.6 Å². The largest absolute Gasteiger partial charge is 0.313 e. The van der Waals surface area contributed by atoms with Crippen LogP contribution >= 0.6 is 11.3 Å². The zero-order valence-electron chi connectivity index (χ0n) is 15.1. The quantitative estimate of drug-likeness (QED) is 0.727. The second-order valence-corrected chi connectivity index (χ2v) is 8.26. The van der Waals surface area contributed by atoms with Gasteiger partial charge in [-0.3, -0.25) is 9.59 Å². The lowest BCUT2D eigenvalue weighted by Gasteiger charge is -2.18. The molecule has 132 valence electrons. The molecule has 4 heteroatoms. The third-order valence-corrected chi connectivity index (χ3v) is 5.04. The van der Waals surface area contributed by atoms with Crippen LogP contribution in [-0.4, -0.2) is 10.8 Å². The van der Waals surface area contributed by atoms with Crippen LogP contribution in [0.3, 0.4) is 0 Å². The molecule has 0 fully saturated rings. The number of hydrogen-bond donors (Lipinski definition) is 1. The molecule has 0 saturated heterocycles. The Morgan fingerprint density at radius 1 is 1.00 bits per heavy atom. The Bertz CT molecular complexity index is 1080. The normalized spacial score (nSPS) is 13.2. The molecule has 0 aliphatic heterocycles. The highest BCUT2D eigenvalue weighted by Gasteiger charge is 2.13. The van der Waals surface area contributed by atoms with Gasteiger partial charge in [-0.1, -0.05) is 75.4 Å². The molecule has 3 nitrogen and oxygen atoms in total. The van der Waals surface area contributed by atoms with E-state index >= 15 is 0 Å². The van der Waals surface area contributed by atoms with Gasteiger partial charge in [0.15, 0.2) is 5.78 Å². The summed E-state index contributed by atoms with van der Waals surface area (Å²) in [5, 5.41) is 0. The third kappa shape index (κ3) is 4.27. The molecule has 1 aromatic heterocycles. The maximum atomic E-state index is 12.5. The molecule has 1 heterocycles. The van der Waals surface area contributed by atoms with E-state index in [-0.39, 0.29) is 16.8 Å². The molecule has 3 aromatic rings. The van der Waals surface area contributed by atoms with Crippen molar-refractivity contribution in [3.8, 4) is 0 Å². The molecule has 0 saturated carbocycles. The van der Waals surface area contributed by atoms with Crippen molar-refractivity contribution in [2.45, 2.75) is 26.2 Å². The van der Waals surface area contributed by atoms with Crippen LogP contribution in [0, 0.1) is 0 Å². The van der Waals surface area contributed by atoms with E-state index in [1.165, 1.54) is 23.0 Å². The van der Waals surface area contributed by atoms with Crippen molar-refractivity contribution >= 4 is 29.3 Å². The number of carbonyl (C=O) groups is 1. The van der Waals surface area contributed by atoms with Gasteiger partial charge in [-0.2, -0.15) is 0 Å². The fourth-order valence-corrected chi connectivity index (χ4v) is 3.45. The van der Waals surface area contributed by atoms with Crippen molar-refractivity contribution in [3.63, 3.8) is 0 Å². The Morgan fingerprint density at radius 2 is 1.65 bits per heavy atom. The summed E-state index contributed by atoms with van der Waals surface area (Å²) in [5.74, 6) is -0.116. The molecule has 1 N–H and O–H groups in total. The maximum absolute atomic E-state index is 12.5. The molecule has 0 amide bonds. The van der Waals surface area contributed by atoms with Gasteiger partial charge < -0.3 is 4.98 Å². The number of carbonyl (C=O) groups excluding carboxylic acids is 1. The van der Waals surface area contributed by atoms with E-state index in [1.54, 1.807) is 0 Å². The molecule has 0 unspecified atom stereocenters. The average Bonchev–Trinajstić information content (AvgIpc) is 2.94. The highest BCUT2D eigenvalue weighted by molar-refractivity contribution is 7.07. The Kier molecular flexibility index (Phi) is 5.05. The van der Waals surface area contributed by atoms with E-state index in [9.17, 15) is 9.59 Å². The van der Waals surface area contributed by atoms with Crippen LogP contribution in [0.4, 0.5) is 0 Å². The molecular weight excluding hydrogens is 342 g/mol. The number of ketones is 1. The number of benzene rings is 2.